The van der Waals surface area contributed by atoms with Gasteiger partial charge in [0.25, 0.3) is 0 Å². The van der Waals surface area contributed by atoms with Gasteiger partial charge in [0.1, 0.15) is 11.6 Å². The van der Waals surface area contributed by atoms with Gasteiger partial charge in [0.15, 0.2) is 0 Å². The van der Waals surface area contributed by atoms with E-state index in [9.17, 15) is 9.59 Å². The molecule has 1 atom stereocenters. The molecule has 0 unspecified atom stereocenters. The molecule has 0 radical (unpaired) electrons. The molecule has 108 valence electrons. The molecule has 1 aliphatic heterocycles. The zero-order chi connectivity index (χ0) is 14.3. The molecule has 1 amide bonds. The summed E-state index contributed by atoms with van der Waals surface area (Å²) in [5.74, 6) is -0.479. The van der Waals surface area contributed by atoms with Crippen molar-refractivity contribution in [2.45, 2.75) is 45.8 Å². The molecule has 1 saturated carbocycles. The van der Waals surface area contributed by atoms with Crippen molar-refractivity contribution in [1.82, 2.24) is 9.88 Å². The summed E-state index contributed by atoms with van der Waals surface area (Å²) in [6.45, 7) is 4.69. The van der Waals surface area contributed by atoms with Crippen LogP contribution in [-0.2, 0) is 20.9 Å². The Bertz CT molecular complexity index is 531. The number of amides is 1. The molecule has 0 bridgehead atoms. The van der Waals surface area contributed by atoms with E-state index in [4.69, 9.17) is 4.74 Å². The Hall–Kier alpha value is -1.43. The van der Waals surface area contributed by atoms with Crippen LogP contribution in [0.3, 0.4) is 0 Å². The van der Waals surface area contributed by atoms with E-state index in [0.717, 1.165) is 28.4 Å². The van der Waals surface area contributed by atoms with Crippen LogP contribution in [0, 0.1) is 19.8 Å². The standard InChI is InChI=1S/C14H18N2O3S/c1-8-9(2)20-12(15-8)7-19-14(18)10-5-13(17)16(6-10)11-3-4-11/h10-11H,3-7H2,1-2H3/t10-/m1/s1. The number of thiazole rings is 1. The summed E-state index contributed by atoms with van der Waals surface area (Å²) in [7, 11) is 0. The third-order valence-corrected chi connectivity index (χ3v) is 4.94. The third kappa shape index (κ3) is 2.70. The van der Waals surface area contributed by atoms with Crippen LogP contribution >= 0.6 is 11.3 Å². The maximum absolute atomic E-state index is 12.0. The molecule has 6 heteroatoms. The fourth-order valence-electron chi connectivity index (χ4n) is 2.48. The van der Waals surface area contributed by atoms with E-state index in [1.54, 1.807) is 11.3 Å². The Morgan fingerprint density at radius 2 is 2.20 bits per heavy atom. The molecular formula is C14H18N2O3S. The predicted octanol–water partition coefficient (Wildman–Crippen LogP) is 1.81. The number of carbonyl (C=O) groups is 2. The van der Waals surface area contributed by atoms with Crippen LogP contribution in [0.4, 0.5) is 0 Å². The van der Waals surface area contributed by atoms with E-state index in [2.05, 4.69) is 4.98 Å². The number of esters is 1. The minimum atomic E-state index is -0.301. The molecular weight excluding hydrogens is 276 g/mol. The summed E-state index contributed by atoms with van der Waals surface area (Å²) in [5.41, 5.74) is 0.983. The molecule has 1 aromatic rings. The summed E-state index contributed by atoms with van der Waals surface area (Å²) in [4.78, 5) is 31.1. The van der Waals surface area contributed by atoms with Gasteiger partial charge in [-0.1, -0.05) is 0 Å². The minimum Gasteiger partial charge on any atom is -0.458 e. The molecule has 0 N–H and O–H groups in total. The van der Waals surface area contributed by atoms with Crippen LogP contribution < -0.4 is 0 Å². The molecule has 1 aliphatic carbocycles. The Morgan fingerprint density at radius 3 is 2.80 bits per heavy atom. The average Bonchev–Trinajstić information content (AvgIpc) is 3.10. The first-order valence-corrected chi connectivity index (χ1v) is 7.75. The van der Waals surface area contributed by atoms with E-state index in [1.165, 1.54) is 0 Å². The molecule has 2 heterocycles. The number of likely N-dealkylation sites (tertiary alicyclic amines) is 1. The predicted molar refractivity (Wildman–Crippen MR) is 74.2 cm³/mol. The number of ether oxygens (including phenoxy) is 1. The van der Waals surface area contributed by atoms with Crippen molar-refractivity contribution in [3.05, 3.63) is 15.6 Å². The number of rotatable bonds is 4. The lowest BCUT2D eigenvalue weighted by molar-refractivity contribution is -0.149. The van der Waals surface area contributed by atoms with Gasteiger partial charge in [0.2, 0.25) is 5.91 Å². The Balaban J connectivity index is 1.53. The fraction of sp³-hybridized carbons (Fsp3) is 0.643. The van der Waals surface area contributed by atoms with Crippen LogP contribution in [0.25, 0.3) is 0 Å². The van der Waals surface area contributed by atoms with Gasteiger partial charge in [-0.25, -0.2) is 4.98 Å². The van der Waals surface area contributed by atoms with Gasteiger partial charge in [-0.15, -0.1) is 11.3 Å². The lowest BCUT2D eigenvalue weighted by Gasteiger charge is -2.14. The summed E-state index contributed by atoms with van der Waals surface area (Å²) in [6.07, 6.45) is 2.45. The van der Waals surface area contributed by atoms with E-state index >= 15 is 0 Å². The topological polar surface area (TPSA) is 59.5 Å². The molecule has 3 rings (SSSR count). The normalized spacial score (nSPS) is 22.4. The van der Waals surface area contributed by atoms with Gasteiger partial charge < -0.3 is 9.64 Å². The zero-order valence-electron chi connectivity index (χ0n) is 11.7. The Labute approximate surface area is 121 Å². The largest absolute Gasteiger partial charge is 0.458 e. The number of nitrogens with zero attached hydrogens (tertiary/aromatic N) is 2. The molecule has 1 aromatic heterocycles. The minimum absolute atomic E-state index is 0.0930. The Kier molecular flexibility index (Phi) is 3.50. The van der Waals surface area contributed by atoms with E-state index in [1.807, 2.05) is 18.7 Å². The molecule has 0 aromatic carbocycles. The van der Waals surface area contributed by atoms with Crippen molar-refractivity contribution >= 4 is 23.2 Å². The average molecular weight is 294 g/mol. The first-order valence-electron chi connectivity index (χ1n) is 6.93. The summed E-state index contributed by atoms with van der Waals surface area (Å²) < 4.78 is 5.31. The second kappa shape index (κ2) is 5.16. The smallest absolute Gasteiger partial charge is 0.311 e. The maximum Gasteiger partial charge on any atom is 0.311 e. The third-order valence-electron chi connectivity index (χ3n) is 3.89. The highest BCUT2D eigenvalue weighted by Crippen LogP contribution is 2.33. The quantitative estimate of drug-likeness (QED) is 0.795. The van der Waals surface area contributed by atoms with Crippen LogP contribution in [0.5, 0.6) is 0 Å². The van der Waals surface area contributed by atoms with Crippen LogP contribution in [-0.4, -0.2) is 34.3 Å². The highest BCUT2D eigenvalue weighted by molar-refractivity contribution is 7.11. The molecule has 20 heavy (non-hydrogen) atoms. The highest BCUT2D eigenvalue weighted by Gasteiger charge is 2.42. The van der Waals surface area contributed by atoms with Gasteiger partial charge in [0.05, 0.1) is 11.6 Å². The molecule has 2 fully saturated rings. The van der Waals surface area contributed by atoms with Gasteiger partial charge >= 0.3 is 5.97 Å². The van der Waals surface area contributed by atoms with Crippen LogP contribution in [0.1, 0.15) is 34.8 Å². The lowest BCUT2D eigenvalue weighted by atomic mass is 10.1. The molecule has 0 spiro atoms. The second-order valence-electron chi connectivity index (χ2n) is 5.54. The summed E-state index contributed by atoms with van der Waals surface area (Å²) in [6, 6.07) is 0.379. The highest BCUT2D eigenvalue weighted by atomic mass is 32.1. The van der Waals surface area contributed by atoms with Crippen molar-refractivity contribution in [3.8, 4) is 0 Å². The molecule has 5 nitrogen and oxygen atoms in total. The SMILES string of the molecule is Cc1nc(COC(=O)[C@@H]2CC(=O)N(C3CC3)C2)sc1C. The van der Waals surface area contributed by atoms with E-state index in [0.29, 0.717) is 19.0 Å². The molecule has 1 saturated heterocycles. The Morgan fingerprint density at radius 1 is 1.45 bits per heavy atom. The maximum atomic E-state index is 12.0. The number of aromatic nitrogens is 1. The van der Waals surface area contributed by atoms with E-state index < -0.39 is 0 Å². The van der Waals surface area contributed by atoms with Crippen molar-refractivity contribution in [1.29, 1.82) is 0 Å². The van der Waals surface area contributed by atoms with Gasteiger partial charge in [0, 0.05) is 23.9 Å². The number of hydrogen-bond donors (Lipinski definition) is 0. The van der Waals surface area contributed by atoms with Gasteiger partial charge in [-0.3, -0.25) is 9.59 Å². The monoisotopic (exact) mass is 294 g/mol. The zero-order valence-corrected chi connectivity index (χ0v) is 12.5. The van der Waals surface area contributed by atoms with Crippen molar-refractivity contribution < 1.29 is 14.3 Å². The summed E-state index contributed by atoms with van der Waals surface area (Å²) in [5, 5.41) is 0.816. The van der Waals surface area contributed by atoms with Crippen LogP contribution in [0.2, 0.25) is 0 Å². The van der Waals surface area contributed by atoms with Crippen molar-refractivity contribution in [3.63, 3.8) is 0 Å². The molecule has 2 aliphatic rings. The van der Waals surface area contributed by atoms with Crippen molar-refractivity contribution in [2.24, 2.45) is 5.92 Å². The number of carbonyl (C=O) groups excluding carboxylic acids is 2. The van der Waals surface area contributed by atoms with Gasteiger partial charge in [-0.05, 0) is 26.7 Å². The first-order chi connectivity index (χ1) is 9.54. The van der Waals surface area contributed by atoms with Crippen LogP contribution in [0.15, 0.2) is 0 Å². The number of hydrogen-bond acceptors (Lipinski definition) is 5. The first kappa shape index (κ1) is 13.5. The lowest BCUT2D eigenvalue weighted by Crippen LogP contribution is -2.28. The van der Waals surface area contributed by atoms with Gasteiger partial charge in [-0.2, -0.15) is 0 Å². The van der Waals surface area contributed by atoms with E-state index in [-0.39, 0.29) is 24.4 Å². The second-order valence-corrected chi connectivity index (χ2v) is 6.82. The van der Waals surface area contributed by atoms with Crippen molar-refractivity contribution in [2.75, 3.05) is 6.54 Å². The number of aryl methyl sites for hydroxylation is 2. The summed E-state index contributed by atoms with van der Waals surface area (Å²) >= 11 is 1.55. The fourth-order valence-corrected chi connectivity index (χ4v) is 3.33.